The van der Waals surface area contributed by atoms with E-state index in [-0.39, 0.29) is 6.10 Å². The number of anilines is 1. The van der Waals surface area contributed by atoms with Crippen molar-refractivity contribution in [3.63, 3.8) is 0 Å². The van der Waals surface area contributed by atoms with Crippen molar-refractivity contribution in [2.24, 2.45) is 5.16 Å². The molecule has 0 unspecified atom stereocenters. The number of aromatic nitrogens is 2. The SMILES string of the molecule is CB(O)NC1CCC(Oc2ccc3c(c2)/C(=N\O)C(C)(C)c2c(N)ncnc2-3)CC1. The number of rotatable bonds is 4. The number of hydrogen-bond acceptors (Lipinski definition) is 8. The van der Waals surface area contributed by atoms with Crippen molar-refractivity contribution in [3.8, 4) is 17.0 Å². The van der Waals surface area contributed by atoms with Gasteiger partial charge in [-0.25, -0.2) is 9.97 Å². The first-order valence-electron chi connectivity index (χ1n) is 10.4. The maximum atomic E-state index is 9.84. The van der Waals surface area contributed by atoms with Crippen LogP contribution < -0.4 is 15.7 Å². The van der Waals surface area contributed by atoms with Crippen molar-refractivity contribution in [1.29, 1.82) is 0 Å². The van der Waals surface area contributed by atoms with Gasteiger partial charge in [-0.3, -0.25) is 0 Å². The lowest BCUT2D eigenvalue weighted by Gasteiger charge is -2.35. The summed E-state index contributed by atoms with van der Waals surface area (Å²) >= 11 is 0. The number of nitrogens with one attached hydrogen (secondary N) is 1. The maximum absolute atomic E-state index is 9.84. The van der Waals surface area contributed by atoms with Gasteiger partial charge in [0.1, 0.15) is 17.9 Å². The molecule has 4 rings (SSSR count). The minimum atomic E-state index is -0.647. The first-order valence-corrected chi connectivity index (χ1v) is 10.4. The lowest BCUT2D eigenvalue weighted by Crippen LogP contribution is -2.43. The summed E-state index contributed by atoms with van der Waals surface area (Å²) in [7, 11) is -0.492. The van der Waals surface area contributed by atoms with Crippen LogP contribution in [0.2, 0.25) is 6.82 Å². The van der Waals surface area contributed by atoms with Crippen LogP contribution in [0.25, 0.3) is 11.3 Å². The molecule has 0 radical (unpaired) electrons. The number of nitrogens with zero attached hydrogens (tertiary/aromatic N) is 3. The van der Waals surface area contributed by atoms with Gasteiger partial charge < -0.3 is 25.9 Å². The summed E-state index contributed by atoms with van der Waals surface area (Å²) in [6.07, 6.45) is 5.33. The van der Waals surface area contributed by atoms with Crippen molar-refractivity contribution in [1.82, 2.24) is 15.2 Å². The molecule has 0 aliphatic heterocycles. The smallest absolute Gasteiger partial charge is 0.373 e. The van der Waals surface area contributed by atoms with Gasteiger partial charge >= 0.3 is 7.05 Å². The molecule has 0 amide bonds. The predicted octanol–water partition coefficient (Wildman–Crippen LogP) is 2.59. The highest BCUT2D eigenvalue weighted by Gasteiger charge is 2.40. The fourth-order valence-electron chi connectivity index (χ4n) is 4.73. The minimum absolute atomic E-state index is 0.117. The van der Waals surface area contributed by atoms with Crippen LogP contribution in [0.15, 0.2) is 29.7 Å². The van der Waals surface area contributed by atoms with Gasteiger partial charge in [0, 0.05) is 22.1 Å². The molecule has 5 N–H and O–H groups in total. The fraction of sp³-hybridized carbons (Fsp3) is 0.476. The summed E-state index contributed by atoms with van der Waals surface area (Å²) in [5.41, 5.74) is 9.18. The molecule has 0 spiro atoms. The second-order valence-electron chi connectivity index (χ2n) is 8.70. The van der Waals surface area contributed by atoms with Crippen molar-refractivity contribution < 1.29 is 15.0 Å². The van der Waals surface area contributed by atoms with E-state index in [4.69, 9.17) is 10.5 Å². The highest BCUT2D eigenvalue weighted by atomic mass is 16.5. The van der Waals surface area contributed by atoms with Gasteiger partial charge in [-0.2, -0.15) is 0 Å². The molecule has 1 aromatic carbocycles. The van der Waals surface area contributed by atoms with E-state index in [1.54, 1.807) is 6.82 Å². The van der Waals surface area contributed by atoms with E-state index in [1.807, 2.05) is 32.0 Å². The standard InChI is InChI=1S/C21H28BN5O3/c1-21(2)17-18(24-11-25-20(17)23)15-9-8-14(10-16(15)19(21)27-29)30-13-6-4-12(5-7-13)26-22(3)28/h8-13,26,28-29H,4-7H2,1-3H3,(H2,23,24,25)/b27-19+. The van der Waals surface area contributed by atoms with Crippen LogP contribution in [0, 0.1) is 0 Å². The minimum Gasteiger partial charge on any atom is -0.490 e. The van der Waals surface area contributed by atoms with Crippen LogP contribution in [-0.4, -0.2) is 45.1 Å². The Morgan fingerprint density at radius 1 is 1.20 bits per heavy atom. The van der Waals surface area contributed by atoms with E-state index in [2.05, 4.69) is 20.4 Å². The van der Waals surface area contributed by atoms with Crippen LogP contribution >= 0.6 is 0 Å². The number of oxime groups is 1. The summed E-state index contributed by atoms with van der Waals surface area (Å²) in [6, 6.07) is 6.11. The normalized spacial score (nSPS) is 23.5. The van der Waals surface area contributed by atoms with E-state index in [0.29, 0.717) is 17.6 Å². The molecule has 9 heteroatoms. The van der Waals surface area contributed by atoms with Crippen molar-refractivity contribution in [3.05, 3.63) is 35.7 Å². The zero-order valence-electron chi connectivity index (χ0n) is 17.6. The summed E-state index contributed by atoms with van der Waals surface area (Å²) in [5.74, 6) is 1.13. The number of nitrogens with two attached hydrogens (primary N) is 1. The number of fused-ring (bicyclic) bond motifs is 3. The average Bonchev–Trinajstić information content (AvgIpc) is 2.69. The molecule has 1 aromatic heterocycles. The van der Waals surface area contributed by atoms with Gasteiger partial charge in [0.05, 0.1) is 17.5 Å². The zero-order chi connectivity index (χ0) is 21.5. The van der Waals surface area contributed by atoms with Gasteiger partial charge in [0.25, 0.3) is 0 Å². The van der Waals surface area contributed by atoms with Crippen LogP contribution in [0.4, 0.5) is 5.82 Å². The molecule has 1 saturated carbocycles. The molecule has 0 atom stereocenters. The Kier molecular flexibility index (Phi) is 5.42. The van der Waals surface area contributed by atoms with E-state index in [0.717, 1.165) is 53.8 Å². The molecule has 2 aliphatic carbocycles. The average molecular weight is 409 g/mol. The number of nitrogen functional groups attached to an aromatic ring is 1. The first-order chi connectivity index (χ1) is 14.3. The van der Waals surface area contributed by atoms with E-state index in [9.17, 15) is 10.2 Å². The molecule has 0 saturated heterocycles. The summed E-state index contributed by atoms with van der Waals surface area (Å²) in [5, 5.41) is 26.1. The Bertz CT molecular complexity index is 971. The summed E-state index contributed by atoms with van der Waals surface area (Å²) in [6.45, 7) is 5.65. The molecule has 0 bridgehead atoms. The summed E-state index contributed by atoms with van der Waals surface area (Å²) in [4.78, 5) is 8.60. The molecule has 2 aliphatic rings. The fourth-order valence-corrected chi connectivity index (χ4v) is 4.73. The molecular weight excluding hydrogens is 381 g/mol. The number of benzene rings is 1. The highest BCUT2D eigenvalue weighted by molar-refractivity contribution is 6.45. The van der Waals surface area contributed by atoms with Gasteiger partial charge in [0.15, 0.2) is 0 Å². The molecule has 8 nitrogen and oxygen atoms in total. The Hall–Kier alpha value is -2.65. The third-order valence-electron chi connectivity index (χ3n) is 6.15. The Balaban J connectivity index is 1.61. The van der Waals surface area contributed by atoms with Crippen molar-refractivity contribution >= 4 is 18.6 Å². The third-order valence-corrected chi connectivity index (χ3v) is 6.15. The van der Waals surface area contributed by atoms with Crippen LogP contribution in [0.5, 0.6) is 5.75 Å². The molecule has 158 valence electrons. The van der Waals surface area contributed by atoms with Crippen molar-refractivity contribution in [2.75, 3.05) is 5.73 Å². The van der Waals surface area contributed by atoms with E-state index < -0.39 is 12.5 Å². The topological polar surface area (TPSA) is 126 Å². The maximum Gasteiger partial charge on any atom is 0.373 e. The predicted molar refractivity (Wildman–Crippen MR) is 117 cm³/mol. The molecule has 2 aromatic rings. The van der Waals surface area contributed by atoms with Gasteiger partial charge in [-0.15, -0.1) is 0 Å². The Morgan fingerprint density at radius 2 is 1.93 bits per heavy atom. The van der Waals surface area contributed by atoms with Gasteiger partial charge in [0.2, 0.25) is 0 Å². The Labute approximate surface area is 176 Å². The summed E-state index contributed by atoms with van der Waals surface area (Å²) < 4.78 is 6.26. The molecule has 30 heavy (non-hydrogen) atoms. The zero-order valence-corrected chi connectivity index (χ0v) is 17.6. The number of ether oxygens (including phenoxy) is 1. The van der Waals surface area contributed by atoms with Crippen molar-refractivity contribution in [2.45, 2.75) is 63.9 Å². The van der Waals surface area contributed by atoms with Gasteiger partial charge in [-0.1, -0.05) is 5.16 Å². The monoisotopic (exact) mass is 409 g/mol. The molecule has 1 fully saturated rings. The Morgan fingerprint density at radius 3 is 2.60 bits per heavy atom. The van der Waals surface area contributed by atoms with Gasteiger partial charge in [-0.05, 0) is 70.6 Å². The van der Waals surface area contributed by atoms with Crippen LogP contribution in [-0.2, 0) is 5.41 Å². The third kappa shape index (κ3) is 3.63. The quantitative estimate of drug-likeness (QED) is 0.347. The second kappa shape index (κ2) is 7.88. The molecular formula is C21H28BN5O3. The largest absolute Gasteiger partial charge is 0.490 e. The van der Waals surface area contributed by atoms with Crippen LogP contribution in [0.3, 0.4) is 0 Å². The lowest BCUT2D eigenvalue weighted by atomic mass is 9.70. The number of hydrogen-bond donors (Lipinski definition) is 4. The highest BCUT2D eigenvalue weighted by Crippen LogP contribution is 2.45. The lowest BCUT2D eigenvalue weighted by molar-refractivity contribution is 0.143. The van der Waals surface area contributed by atoms with Crippen LogP contribution in [0.1, 0.15) is 50.7 Å². The van der Waals surface area contributed by atoms with E-state index in [1.165, 1.54) is 6.33 Å². The first kappa shape index (κ1) is 20.6. The van der Waals surface area contributed by atoms with E-state index >= 15 is 0 Å². The second-order valence-corrected chi connectivity index (χ2v) is 8.70. The molecule has 1 heterocycles.